The maximum atomic E-state index is 12.6. The summed E-state index contributed by atoms with van der Waals surface area (Å²) in [6, 6.07) is 8.68. The van der Waals surface area contributed by atoms with E-state index in [-0.39, 0.29) is 18.2 Å². The molecular formula is C19H19ClF2N6O2. The van der Waals surface area contributed by atoms with Gasteiger partial charge in [-0.25, -0.2) is 18.1 Å². The molecule has 1 aliphatic rings. The van der Waals surface area contributed by atoms with E-state index in [1.807, 2.05) is 17.0 Å². The van der Waals surface area contributed by atoms with Crippen LogP contribution in [0.4, 0.5) is 14.5 Å². The summed E-state index contributed by atoms with van der Waals surface area (Å²) in [6.45, 7) is 0.516. The molecule has 0 spiro atoms. The van der Waals surface area contributed by atoms with Crippen LogP contribution >= 0.6 is 11.6 Å². The van der Waals surface area contributed by atoms with Crippen LogP contribution in [0.2, 0.25) is 5.02 Å². The van der Waals surface area contributed by atoms with Crippen molar-refractivity contribution in [1.82, 2.24) is 24.8 Å². The van der Waals surface area contributed by atoms with Crippen LogP contribution in [-0.2, 0) is 18.3 Å². The molecular weight excluding hydrogens is 418 g/mol. The van der Waals surface area contributed by atoms with Crippen LogP contribution < -0.4 is 10.5 Å². The first kappa shape index (κ1) is 20.4. The van der Waals surface area contributed by atoms with Crippen molar-refractivity contribution in [2.24, 2.45) is 7.05 Å². The van der Waals surface area contributed by atoms with Crippen molar-refractivity contribution in [3.05, 3.63) is 57.6 Å². The van der Waals surface area contributed by atoms with Crippen LogP contribution in [0.5, 0.6) is 0 Å². The molecule has 0 saturated carbocycles. The number of aromatic nitrogens is 5. The van der Waals surface area contributed by atoms with E-state index in [9.17, 15) is 13.6 Å². The highest BCUT2D eigenvalue weighted by Gasteiger charge is 2.29. The number of alkyl halides is 2. The van der Waals surface area contributed by atoms with Crippen LogP contribution in [0, 0.1) is 0 Å². The summed E-state index contributed by atoms with van der Waals surface area (Å²) >= 11 is 5.95. The fourth-order valence-electron chi connectivity index (χ4n) is 3.21. The molecule has 3 heterocycles. The number of nitrogens with zero attached hydrogens (tertiary/aromatic N) is 6. The zero-order valence-electron chi connectivity index (χ0n) is 16.1. The van der Waals surface area contributed by atoms with E-state index in [4.69, 9.17) is 16.3 Å². The molecule has 0 aliphatic carbocycles. The molecule has 1 aliphatic heterocycles. The Hall–Kier alpha value is -2.85. The van der Waals surface area contributed by atoms with E-state index in [0.29, 0.717) is 29.5 Å². The molecule has 30 heavy (non-hydrogen) atoms. The highest BCUT2D eigenvalue weighted by atomic mass is 35.5. The topological polar surface area (TPSA) is 78.1 Å². The quantitative estimate of drug-likeness (QED) is 0.565. The van der Waals surface area contributed by atoms with E-state index < -0.39 is 13.0 Å². The van der Waals surface area contributed by atoms with E-state index in [0.717, 1.165) is 11.3 Å². The molecule has 3 aromatic rings. The van der Waals surface area contributed by atoms with Gasteiger partial charge in [0.2, 0.25) is 0 Å². The van der Waals surface area contributed by atoms with E-state index in [1.54, 1.807) is 30.1 Å². The Balaban J connectivity index is 1.47. The van der Waals surface area contributed by atoms with Crippen LogP contribution in [0.1, 0.15) is 5.69 Å². The van der Waals surface area contributed by atoms with Gasteiger partial charge in [-0.3, -0.25) is 4.79 Å². The van der Waals surface area contributed by atoms with Crippen LogP contribution in [0.3, 0.4) is 0 Å². The lowest BCUT2D eigenvalue weighted by atomic mass is 10.1. The molecule has 0 amide bonds. The minimum atomic E-state index is -2.48. The minimum Gasteiger partial charge on any atom is -0.369 e. The first-order valence-electron chi connectivity index (χ1n) is 9.27. The molecule has 0 bridgehead atoms. The summed E-state index contributed by atoms with van der Waals surface area (Å²) in [7, 11) is 1.75. The van der Waals surface area contributed by atoms with Gasteiger partial charge in [0, 0.05) is 36.8 Å². The van der Waals surface area contributed by atoms with Crippen LogP contribution in [0.25, 0.3) is 11.3 Å². The lowest BCUT2D eigenvalue weighted by Crippen LogP contribution is -2.53. The molecule has 1 saturated heterocycles. The molecule has 1 aromatic carbocycles. The van der Waals surface area contributed by atoms with Gasteiger partial charge in [0.25, 0.3) is 12.0 Å². The molecule has 4 rings (SSSR count). The van der Waals surface area contributed by atoms with Gasteiger partial charge in [-0.05, 0) is 12.1 Å². The van der Waals surface area contributed by atoms with E-state index in [2.05, 4.69) is 15.4 Å². The summed E-state index contributed by atoms with van der Waals surface area (Å²) in [4.78, 5) is 14.4. The summed E-state index contributed by atoms with van der Waals surface area (Å²) in [5.41, 5.74) is 2.56. The van der Waals surface area contributed by atoms with Gasteiger partial charge >= 0.3 is 0 Å². The molecule has 0 N–H and O–H groups in total. The summed E-state index contributed by atoms with van der Waals surface area (Å²) in [5.74, 6) is 0. The molecule has 1 fully saturated rings. The average molecular weight is 437 g/mol. The average Bonchev–Trinajstić information content (AvgIpc) is 3.03. The highest BCUT2D eigenvalue weighted by molar-refractivity contribution is 6.30. The SMILES string of the molecule is Cn1nnc(-c2ccc(Cl)cc2)c1Cn1ncc(N2CC(OCC(F)F)C2)cc1=O. The smallest absolute Gasteiger partial charge is 0.269 e. The number of benzene rings is 1. The number of hydrogen-bond acceptors (Lipinski definition) is 6. The van der Waals surface area contributed by atoms with Crippen LogP contribution in [-0.4, -0.2) is 57.0 Å². The maximum absolute atomic E-state index is 12.6. The van der Waals surface area contributed by atoms with Gasteiger partial charge in [0.05, 0.1) is 30.2 Å². The third-order valence-electron chi connectivity index (χ3n) is 4.89. The highest BCUT2D eigenvalue weighted by Crippen LogP contribution is 2.24. The molecule has 8 nitrogen and oxygen atoms in total. The van der Waals surface area contributed by atoms with Crippen molar-refractivity contribution in [2.45, 2.75) is 19.1 Å². The van der Waals surface area contributed by atoms with Crippen molar-refractivity contribution in [1.29, 1.82) is 0 Å². The zero-order chi connectivity index (χ0) is 21.3. The van der Waals surface area contributed by atoms with Gasteiger partial charge in [-0.15, -0.1) is 5.10 Å². The van der Waals surface area contributed by atoms with Gasteiger partial charge in [0.1, 0.15) is 12.3 Å². The van der Waals surface area contributed by atoms with Crippen molar-refractivity contribution in [2.75, 3.05) is 24.6 Å². The van der Waals surface area contributed by atoms with Crippen molar-refractivity contribution in [3.8, 4) is 11.3 Å². The monoisotopic (exact) mass is 436 g/mol. The second kappa shape index (κ2) is 8.49. The number of hydrogen-bond donors (Lipinski definition) is 0. The molecule has 0 unspecified atom stereocenters. The molecule has 0 atom stereocenters. The minimum absolute atomic E-state index is 0.195. The summed E-state index contributed by atoms with van der Waals surface area (Å²) < 4.78 is 32.4. The van der Waals surface area contributed by atoms with Gasteiger partial charge in [-0.2, -0.15) is 5.10 Å². The van der Waals surface area contributed by atoms with Gasteiger partial charge < -0.3 is 9.64 Å². The molecule has 2 aromatic heterocycles. The number of ether oxygens (including phenoxy) is 1. The Bertz CT molecular complexity index is 1080. The predicted molar refractivity (Wildman–Crippen MR) is 107 cm³/mol. The molecule has 158 valence electrons. The van der Waals surface area contributed by atoms with Crippen LogP contribution in [0.15, 0.2) is 41.3 Å². The Morgan fingerprint density at radius 1 is 1.27 bits per heavy atom. The largest absolute Gasteiger partial charge is 0.369 e. The fourth-order valence-corrected chi connectivity index (χ4v) is 3.33. The first-order chi connectivity index (χ1) is 14.4. The lowest BCUT2D eigenvalue weighted by molar-refractivity contribution is -0.0336. The lowest BCUT2D eigenvalue weighted by Gasteiger charge is -2.40. The molecule has 0 radical (unpaired) electrons. The maximum Gasteiger partial charge on any atom is 0.269 e. The zero-order valence-corrected chi connectivity index (χ0v) is 16.8. The standard InChI is InChI=1S/C19H19ClF2N6O2/c1-26-16(19(24-25-26)12-2-4-13(20)5-3-12)10-28-18(29)6-14(7-23-28)27-8-15(9-27)30-11-17(21)22/h2-7,15,17H,8-11H2,1H3. The van der Waals surface area contributed by atoms with Crippen molar-refractivity contribution >= 4 is 17.3 Å². The second-order valence-corrected chi connectivity index (χ2v) is 7.41. The summed E-state index contributed by atoms with van der Waals surface area (Å²) in [5, 5.41) is 13.1. The van der Waals surface area contributed by atoms with E-state index in [1.165, 1.54) is 10.7 Å². The Morgan fingerprint density at radius 2 is 2.00 bits per heavy atom. The Kier molecular flexibility index (Phi) is 5.78. The van der Waals surface area contributed by atoms with Gasteiger partial charge in [-0.1, -0.05) is 28.9 Å². The number of halogens is 3. The number of rotatable bonds is 7. The Morgan fingerprint density at radius 3 is 2.67 bits per heavy atom. The van der Waals surface area contributed by atoms with Gasteiger partial charge in [0.15, 0.2) is 0 Å². The second-order valence-electron chi connectivity index (χ2n) is 6.98. The normalized spacial score (nSPS) is 14.4. The van der Waals surface area contributed by atoms with E-state index >= 15 is 0 Å². The van der Waals surface area contributed by atoms with Crippen molar-refractivity contribution in [3.63, 3.8) is 0 Å². The van der Waals surface area contributed by atoms with Crippen molar-refractivity contribution < 1.29 is 13.5 Å². The third kappa shape index (κ3) is 4.34. The predicted octanol–water partition coefficient (Wildman–Crippen LogP) is 2.21. The Labute approximate surface area is 175 Å². The first-order valence-corrected chi connectivity index (χ1v) is 9.65. The number of aryl methyl sites for hydroxylation is 1. The summed E-state index contributed by atoms with van der Waals surface area (Å²) in [6.07, 6.45) is -1.16. The molecule has 11 heteroatoms. The fraction of sp³-hybridized carbons (Fsp3) is 0.368. The third-order valence-corrected chi connectivity index (χ3v) is 5.14. The number of anilines is 1.